The van der Waals surface area contributed by atoms with Gasteiger partial charge in [-0.15, -0.1) is 0 Å². The lowest BCUT2D eigenvalue weighted by Gasteiger charge is -2.20. The molecule has 0 unspecified atom stereocenters. The minimum absolute atomic E-state index is 0.0492. The van der Waals surface area contributed by atoms with Crippen molar-refractivity contribution in [2.24, 2.45) is 4.99 Å². The van der Waals surface area contributed by atoms with Gasteiger partial charge in [0, 0.05) is 19.1 Å². The van der Waals surface area contributed by atoms with Crippen molar-refractivity contribution in [3.63, 3.8) is 0 Å². The van der Waals surface area contributed by atoms with Gasteiger partial charge in [-0.05, 0) is 12.1 Å². The molecule has 0 aromatic heterocycles. The molecule has 2 rings (SSSR count). The SMILES string of the molecule is COC(CN=C1NS(=O)(=O)c2cc(C(=O)O)c(Cl)cc2S1)OC. The zero-order chi connectivity index (χ0) is 17.2. The summed E-state index contributed by atoms with van der Waals surface area (Å²) in [4.78, 5) is 15.3. The number of nitrogens with one attached hydrogen (secondary N) is 1. The molecule has 23 heavy (non-hydrogen) atoms. The van der Waals surface area contributed by atoms with Gasteiger partial charge in [-0.2, -0.15) is 0 Å². The van der Waals surface area contributed by atoms with E-state index in [-0.39, 0.29) is 27.2 Å². The summed E-state index contributed by atoms with van der Waals surface area (Å²) >= 11 is 6.91. The molecule has 8 nitrogen and oxygen atoms in total. The second-order valence-corrected chi connectivity index (χ2v) is 7.43. The van der Waals surface area contributed by atoms with Crippen molar-refractivity contribution in [3.05, 3.63) is 22.7 Å². The predicted molar refractivity (Wildman–Crippen MR) is 84.7 cm³/mol. The molecule has 11 heteroatoms. The molecule has 0 spiro atoms. The number of hydrogen-bond acceptors (Lipinski definition) is 7. The summed E-state index contributed by atoms with van der Waals surface area (Å²) in [5, 5.41) is 9.10. The molecule has 1 aromatic rings. The maximum absolute atomic E-state index is 12.2. The molecule has 126 valence electrons. The van der Waals surface area contributed by atoms with Crippen molar-refractivity contribution >= 4 is 44.5 Å². The minimum Gasteiger partial charge on any atom is -0.478 e. The summed E-state index contributed by atoms with van der Waals surface area (Å²) < 4.78 is 36.7. The number of benzene rings is 1. The maximum Gasteiger partial charge on any atom is 0.337 e. The van der Waals surface area contributed by atoms with Crippen molar-refractivity contribution in [3.8, 4) is 0 Å². The fourth-order valence-corrected chi connectivity index (χ4v) is 4.69. The Labute approximate surface area is 141 Å². The third kappa shape index (κ3) is 3.96. The van der Waals surface area contributed by atoms with Gasteiger partial charge < -0.3 is 14.6 Å². The highest BCUT2D eigenvalue weighted by Crippen LogP contribution is 2.35. The highest BCUT2D eigenvalue weighted by atomic mass is 35.5. The van der Waals surface area contributed by atoms with Crippen molar-refractivity contribution in [2.75, 3.05) is 20.8 Å². The van der Waals surface area contributed by atoms with Crippen LogP contribution in [0.5, 0.6) is 0 Å². The monoisotopic (exact) mass is 380 g/mol. The Morgan fingerprint density at radius 1 is 1.43 bits per heavy atom. The zero-order valence-electron chi connectivity index (χ0n) is 12.1. The number of fused-ring (bicyclic) bond motifs is 1. The predicted octanol–water partition coefficient (Wildman–Crippen LogP) is 1.40. The molecule has 0 amide bonds. The molecule has 0 saturated heterocycles. The molecule has 0 saturated carbocycles. The van der Waals surface area contributed by atoms with Gasteiger partial charge in [0.1, 0.15) is 4.90 Å². The highest BCUT2D eigenvalue weighted by Gasteiger charge is 2.30. The van der Waals surface area contributed by atoms with E-state index in [1.54, 1.807) is 0 Å². The number of carbonyl (C=O) groups is 1. The topological polar surface area (TPSA) is 114 Å². The van der Waals surface area contributed by atoms with E-state index in [0.717, 1.165) is 17.8 Å². The van der Waals surface area contributed by atoms with E-state index in [1.807, 2.05) is 0 Å². The van der Waals surface area contributed by atoms with E-state index >= 15 is 0 Å². The van der Waals surface area contributed by atoms with Crippen molar-refractivity contribution in [1.82, 2.24) is 4.72 Å². The Balaban J connectivity index is 2.39. The lowest BCUT2D eigenvalue weighted by Crippen LogP contribution is -2.33. The Hall–Kier alpha value is -1.33. The van der Waals surface area contributed by atoms with Crippen molar-refractivity contribution in [2.45, 2.75) is 16.1 Å². The first-order valence-electron chi connectivity index (χ1n) is 6.16. The average Bonchev–Trinajstić information content (AvgIpc) is 2.46. The number of amidine groups is 1. The molecule has 2 N–H and O–H groups in total. The number of carboxylic acid groups (broad SMARTS) is 1. The number of ether oxygens (including phenoxy) is 2. The smallest absolute Gasteiger partial charge is 0.337 e. The summed E-state index contributed by atoms with van der Waals surface area (Å²) in [6.45, 7) is 0.0914. The van der Waals surface area contributed by atoms with Crippen LogP contribution in [0.25, 0.3) is 0 Å². The number of carboxylic acids is 1. The molecule has 0 radical (unpaired) electrons. The number of rotatable bonds is 5. The van der Waals surface area contributed by atoms with E-state index in [2.05, 4.69) is 9.71 Å². The van der Waals surface area contributed by atoms with Gasteiger partial charge in [-0.25, -0.2) is 13.2 Å². The number of hydrogen-bond donors (Lipinski definition) is 2. The van der Waals surface area contributed by atoms with Gasteiger partial charge in [0.15, 0.2) is 11.5 Å². The van der Waals surface area contributed by atoms with Crippen molar-refractivity contribution < 1.29 is 27.8 Å². The highest BCUT2D eigenvalue weighted by molar-refractivity contribution is 8.16. The zero-order valence-corrected chi connectivity index (χ0v) is 14.5. The van der Waals surface area contributed by atoms with Gasteiger partial charge in [0.2, 0.25) is 0 Å². The molecule has 1 aromatic carbocycles. The summed E-state index contributed by atoms with van der Waals surface area (Å²) in [5.74, 6) is -1.31. The van der Waals surface area contributed by atoms with E-state index in [1.165, 1.54) is 20.3 Å². The number of sulfonamides is 1. The first kappa shape index (κ1) is 18.0. The first-order chi connectivity index (χ1) is 10.8. The molecule has 0 bridgehead atoms. The molecular formula is C12H13ClN2O6S2. The summed E-state index contributed by atoms with van der Waals surface area (Å²) in [7, 11) is -1.05. The van der Waals surface area contributed by atoms with E-state index in [4.69, 9.17) is 26.2 Å². The lowest BCUT2D eigenvalue weighted by molar-refractivity contribution is -0.0936. The van der Waals surface area contributed by atoms with E-state index in [9.17, 15) is 13.2 Å². The van der Waals surface area contributed by atoms with Crippen LogP contribution < -0.4 is 4.72 Å². The number of aliphatic imine (C=N–C) groups is 1. The standard InChI is InChI=1S/C12H13ClN2O6S2/c1-20-10(21-2)5-14-12-15-23(18,19)9-3-6(11(16)17)7(13)4-8(9)22-12/h3-4,10H,5H2,1-2H3,(H,14,15)(H,16,17). The summed E-state index contributed by atoms with van der Waals surface area (Å²) in [6.07, 6.45) is -0.605. The minimum atomic E-state index is -3.93. The third-order valence-corrected chi connectivity index (χ3v) is 5.82. The van der Waals surface area contributed by atoms with Crippen LogP contribution in [-0.4, -0.2) is 51.7 Å². The van der Waals surface area contributed by atoms with Crippen molar-refractivity contribution in [1.29, 1.82) is 0 Å². The Morgan fingerprint density at radius 3 is 2.65 bits per heavy atom. The summed E-state index contributed by atoms with van der Waals surface area (Å²) in [6, 6.07) is 2.32. The van der Waals surface area contributed by atoms with Gasteiger partial charge in [-0.1, -0.05) is 23.4 Å². The summed E-state index contributed by atoms with van der Waals surface area (Å²) in [5.41, 5.74) is -0.282. The molecule has 1 aliphatic rings. The van der Waals surface area contributed by atoms with Crippen LogP contribution in [0.2, 0.25) is 5.02 Å². The van der Waals surface area contributed by atoms with Crippen LogP contribution >= 0.6 is 23.4 Å². The first-order valence-corrected chi connectivity index (χ1v) is 8.83. The third-order valence-electron chi connectivity index (χ3n) is 2.89. The largest absolute Gasteiger partial charge is 0.478 e. The van der Waals surface area contributed by atoms with Gasteiger partial charge in [-0.3, -0.25) is 9.71 Å². The normalized spacial score (nSPS) is 17.8. The molecule has 1 heterocycles. The molecular weight excluding hydrogens is 368 g/mol. The van der Waals surface area contributed by atoms with Crippen LogP contribution in [0, 0.1) is 0 Å². The molecule has 0 aliphatic carbocycles. The molecule has 0 atom stereocenters. The van der Waals surface area contributed by atoms with Crippen LogP contribution in [0.1, 0.15) is 10.4 Å². The average molecular weight is 381 g/mol. The van der Waals surface area contributed by atoms with E-state index < -0.39 is 22.3 Å². The van der Waals surface area contributed by atoms with Gasteiger partial charge in [0.25, 0.3) is 10.0 Å². The molecule has 1 aliphatic heterocycles. The Bertz CT molecular complexity index is 761. The molecule has 0 fully saturated rings. The number of methoxy groups -OCH3 is 2. The van der Waals surface area contributed by atoms with Crippen LogP contribution in [0.15, 0.2) is 26.9 Å². The number of nitrogens with zero attached hydrogens (tertiary/aromatic N) is 1. The fourth-order valence-electron chi connectivity index (χ4n) is 1.75. The van der Waals surface area contributed by atoms with Crippen LogP contribution in [0.4, 0.5) is 0 Å². The van der Waals surface area contributed by atoms with E-state index in [0.29, 0.717) is 4.90 Å². The maximum atomic E-state index is 12.2. The quantitative estimate of drug-likeness (QED) is 0.742. The number of halogens is 1. The Morgan fingerprint density at radius 2 is 2.09 bits per heavy atom. The van der Waals surface area contributed by atoms with Gasteiger partial charge in [0.05, 0.1) is 17.1 Å². The van der Waals surface area contributed by atoms with Crippen LogP contribution in [-0.2, 0) is 19.5 Å². The second kappa shape index (κ2) is 7.05. The second-order valence-electron chi connectivity index (χ2n) is 4.34. The number of aromatic carboxylic acids is 1. The Kier molecular flexibility index (Phi) is 5.53. The number of thioether (sulfide) groups is 1. The fraction of sp³-hybridized carbons (Fsp3) is 0.333. The lowest BCUT2D eigenvalue weighted by atomic mass is 10.2. The van der Waals surface area contributed by atoms with Gasteiger partial charge >= 0.3 is 5.97 Å². The van der Waals surface area contributed by atoms with Crippen LogP contribution in [0.3, 0.4) is 0 Å².